The number of ether oxygens (including phenoxy) is 4. The zero-order valence-corrected chi connectivity index (χ0v) is 20.6. The highest BCUT2D eigenvalue weighted by Crippen LogP contribution is 2.29. The zero-order valence-electron chi connectivity index (χ0n) is 20.6. The van der Waals surface area contributed by atoms with Crippen LogP contribution in [0, 0.1) is 0 Å². The Bertz CT molecular complexity index is 1280. The van der Waals surface area contributed by atoms with Crippen molar-refractivity contribution >= 4 is 29.3 Å². The van der Waals surface area contributed by atoms with Gasteiger partial charge in [-0.2, -0.15) is 0 Å². The van der Waals surface area contributed by atoms with Gasteiger partial charge in [0.1, 0.15) is 23.7 Å². The molecular weight excluding hydrogens is 490 g/mol. The third kappa shape index (κ3) is 6.10. The molecule has 0 spiro atoms. The van der Waals surface area contributed by atoms with Crippen molar-refractivity contribution in [1.82, 2.24) is 5.32 Å². The lowest BCUT2D eigenvalue weighted by atomic mass is 10.1. The number of benzene rings is 3. The number of hydrogen-bond acceptors (Lipinski definition) is 7. The third-order valence-corrected chi connectivity index (χ3v) is 6.21. The first-order chi connectivity index (χ1) is 18.4. The lowest BCUT2D eigenvalue weighted by Crippen LogP contribution is -2.46. The van der Waals surface area contributed by atoms with Gasteiger partial charge in [0.2, 0.25) is 0 Å². The van der Waals surface area contributed by atoms with Crippen LogP contribution in [0.5, 0.6) is 11.5 Å². The van der Waals surface area contributed by atoms with E-state index in [0.29, 0.717) is 28.4 Å². The van der Waals surface area contributed by atoms with Crippen LogP contribution in [0.4, 0.5) is 21.0 Å². The number of ketones is 1. The van der Waals surface area contributed by atoms with Crippen molar-refractivity contribution in [3.05, 3.63) is 84.4 Å². The summed E-state index contributed by atoms with van der Waals surface area (Å²) >= 11 is 0. The molecule has 3 N–H and O–H groups in total. The van der Waals surface area contributed by atoms with E-state index in [-0.39, 0.29) is 19.0 Å². The number of Topliss-reactive ketones (excluding diaryl/α,β-unsaturated/α-hetero) is 1. The maximum Gasteiger partial charge on any atom is 0.412 e. The second kappa shape index (κ2) is 11.3. The second-order valence-corrected chi connectivity index (χ2v) is 8.94. The van der Waals surface area contributed by atoms with E-state index in [0.717, 1.165) is 0 Å². The lowest BCUT2D eigenvalue weighted by molar-refractivity contribution is 0.00873. The minimum Gasteiger partial charge on any atom is -0.457 e. The topological polar surface area (TPSA) is 124 Å². The Balaban J connectivity index is 1.08. The number of fused-ring (bicyclic) bond motifs is 1. The van der Waals surface area contributed by atoms with E-state index in [1.165, 1.54) is 6.92 Å². The normalized spacial score (nSPS) is 21.7. The van der Waals surface area contributed by atoms with Crippen LogP contribution in [0.15, 0.2) is 78.9 Å². The molecule has 0 saturated carbocycles. The van der Waals surface area contributed by atoms with Gasteiger partial charge in [0.05, 0.1) is 19.3 Å². The van der Waals surface area contributed by atoms with Gasteiger partial charge >= 0.3 is 12.1 Å². The van der Waals surface area contributed by atoms with E-state index < -0.39 is 36.5 Å². The van der Waals surface area contributed by atoms with E-state index in [1.54, 1.807) is 48.5 Å². The molecule has 10 heteroatoms. The van der Waals surface area contributed by atoms with Crippen molar-refractivity contribution < 1.29 is 33.3 Å². The first-order valence-electron chi connectivity index (χ1n) is 12.2. The van der Waals surface area contributed by atoms with Crippen molar-refractivity contribution in [2.75, 3.05) is 23.8 Å². The van der Waals surface area contributed by atoms with Crippen molar-refractivity contribution in [3.63, 3.8) is 0 Å². The molecule has 38 heavy (non-hydrogen) atoms. The number of para-hydroxylation sites is 1. The Morgan fingerprint density at radius 2 is 1.39 bits per heavy atom. The number of carbonyl (C=O) groups is 3. The standard InChI is InChI=1S/C28H27N3O7/c1-17(32)18-7-9-19(10-8-18)29-27(33)31-23-15-35-26-24(16-36-25(23)26)38-28(34)30-20-11-13-22(14-12-20)37-21-5-3-2-4-6-21/h2-14,23-26H,15-16H2,1H3,(H,30,34)(H2,29,31,33). The maximum atomic E-state index is 12.5. The fourth-order valence-electron chi connectivity index (χ4n) is 4.33. The first kappa shape index (κ1) is 25.2. The second-order valence-electron chi connectivity index (χ2n) is 8.94. The summed E-state index contributed by atoms with van der Waals surface area (Å²) in [4.78, 5) is 36.3. The van der Waals surface area contributed by atoms with Gasteiger partial charge in [0.25, 0.3) is 0 Å². The molecule has 3 aromatic rings. The molecule has 196 valence electrons. The summed E-state index contributed by atoms with van der Waals surface area (Å²) < 4.78 is 22.9. The molecule has 0 aromatic heterocycles. The SMILES string of the molecule is CC(=O)c1ccc(NC(=O)NC2COC3C(OC(=O)Nc4ccc(Oc5ccccc5)cc4)COC23)cc1. The number of rotatable bonds is 7. The van der Waals surface area contributed by atoms with Gasteiger partial charge in [-0.05, 0) is 67.6 Å². The molecule has 0 radical (unpaired) electrons. The lowest BCUT2D eigenvalue weighted by Gasteiger charge is -2.18. The molecule has 2 aliphatic heterocycles. The Kier molecular flexibility index (Phi) is 7.52. The molecule has 4 unspecified atom stereocenters. The van der Waals surface area contributed by atoms with E-state index >= 15 is 0 Å². The Labute approximate surface area is 219 Å². The minimum absolute atomic E-state index is 0.0506. The van der Waals surface area contributed by atoms with Crippen LogP contribution in [-0.2, 0) is 14.2 Å². The minimum atomic E-state index is -0.636. The predicted octanol–water partition coefficient (Wildman–Crippen LogP) is 4.59. The summed E-state index contributed by atoms with van der Waals surface area (Å²) in [6.07, 6.45) is -2.20. The molecule has 10 nitrogen and oxygen atoms in total. The summed E-state index contributed by atoms with van der Waals surface area (Å²) in [6, 6.07) is 22.1. The van der Waals surface area contributed by atoms with Gasteiger partial charge in [-0.3, -0.25) is 10.1 Å². The molecule has 2 heterocycles. The fourth-order valence-corrected chi connectivity index (χ4v) is 4.33. The largest absolute Gasteiger partial charge is 0.457 e. The van der Waals surface area contributed by atoms with Gasteiger partial charge in [0, 0.05) is 16.9 Å². The highest BCUT2D eigenvalue weighted by Gasteiger charge is 2.50. The van der Waals surface area contributed by atoms with Gasteiger partial charge in [-0.25, -0.2) is 9.59 Å². The van der Waals surface area contributed by atoms with Crippen molar-refractivity contribution in [2.24, 2.45) is 0 Å². The van der Waals surface area contributed by atoms with E-state index in [1.807, 2.05) is 30.3 Å². The van der Waals surface area contributed by atoms with Gasteiger partial charge in [-0.1, -0.05) is 18.2 Å². The van der Waals surface area contributed by atoms with E-state index in [2.05, 4.69) is 16.0 Å². The molecule has 2 aliphatic rings. The predicted molar refractivity (Wildman–Crippen MR) is 139 cm³/mol. The van der Waals surface area contributed by atoms with Crippen LogP contribution in [0.2, 0.25) is 0 Å². The molecule has 5 rings (SSSR count). The molecule has 2 fully saturated rings. The van der Waals surface area contributed by atoms with Crippen molar-refractivity contribution in [2.45, 2.75) is 31.3 Å². The molecular formula is C28H27N3O7. The van der Waals surface area contributed by atoms with Crippen molar-refractivity contribution in [3.8, 4) is 11.5 Å². The first-order valence-corrected chi connectivity index (χ1v) is 12.2. The highest BCUT2D eigenvalue weighted by atomic mass is 16.6. The monoisotopic (exact) mass is 517 g/mol. The van der Waals surface area contributed by atoms with Gasteiger partial charge in [0.15, 0.2) is 11.9 Å². The van der Waals surface area contributed by atoms with Crippen LogP contribution in [-0.4, -0.2) is 55.5 Å². The Morgan fingerprint density at radius 3 is 2.11 bits per heavy atom. The number of nitrogens with one attached hydrogen (secondary N) is 3. The Morgan fingerprint density at radius 1 is 0.763 bits per heavy atom. The van der Waals surface area contributed by atoms with Crippen LogP contribution < -0.4 is 20.7 Å². The van der Waals surface area contributed by atoms with Crippen LogP contribution in [0.1, 0.15) is 17.3 Å². The van der Waals surface area contributed by atoms with Crippen LogP contribution in [0.25, 0.3) is 0 Å². The molecule has 3 aromatic carbocycles. The average molecular weight is 518 g/mol. The molecule has 2 saturated heterocycles. The van der Waals surface area contributed by atoms with E-state index in [4.69, 9.17) is 18.9 Å². The molecule has 0 aliphatic carbocycles. The fraction of sp³-hybridized carbons (Fsp3) is 0.250. The smallest absolute Gasteiger partial charge is 0.412 e. The molecule has 4 atom stereocenters. The summed E-state index contributed by atoms with van der Waals surface area (Å²) in [6.45, 7) is 1.85. The third-order valence-electron chi connectivity index (χ3n) is 6.21. The number of carbonyl (C=O) groups excluding carboxylic acids is 3. The van der Waals surface area contributed by atoms with Gasteiger partial charge in [-0.15, -0.1) is 0 Å². The maximum absolute atomic E-state index is 12.5. The molecule has 3 amide bonds. The van der Waals surface area contributed by atoms with Gasteiger partial charge < -0.3 is 29.6 Å². The summed E-state index contributed by atoms with van der Waals surface area (Å²) in [7, 11) is 0. The summed E-state index contributed by atoms with van der Waals surface area (Å²) in [5.74, 6) is 1.30. The number of anilines is 2. The Hall–Kier alpha value is -4.41. The summed E-state index contributed by atoms with van der Waals surface area (Å²) in [5.41, 5.74) is 1.66. The quantitative estimate of drug-likeness (QED) is 0.392. The summed E-state index contributed by atoms with van der Waals surface area (Å²) in [5, 5.41) is 8.26. The average Bonchev–Trinajstić information content (AvgIpc) is 3.49. The number of urea groups is 1. The number of amides is 3. The van der Waals surface area contributed by atoms with Crippen LogP contribution >= 0.6 is 0 Å². The zero-order chi connectivity index (χ0) is 26.5. The highest BCUT2D eigenvalue weighted by molar-refractivity contribution is 5.95. The number of hydrogen-bond donors (Lipinski definition) is 3. The molecule has 0 bridgehead atoms. The van der Waals surface area contributed by atoms with Crippen LogP contribution in [0.3, 0.4) is 0 Å². The van der Waals surface area contributed by atoms with E-state index in [9.17, 15) is 14.4 Å². The van der Waals surface area contributed by atoms with Crippen molar-refractivity contribution in [1.29, 1.82) is 0 Å².